The highest BCUT2D eigenvalue weighted by atomic mass is 32.1. The maximum absolute atomic E-state index is 13.1. The van der Waals surface area contributed by atoms with E-state index in [1.807, 2.05) is 38.1 Å². The maximum Gasteiger partial charge on any atom is 0.211 e. The predicted molar refractivity (Wildman–Crippen MR) is 106 cm³/mol. The number of nitrogens with zero attached hydrogens (tertiary/aromatic N) is 3. The Balaban J connectivity index is 1.88. The van der Waals surface area contributed by atoms with Gasteiger partial charge in [0.25, 0.3) is 0 Å². The van der Waals surface area contributed by atoms with Crippen LogP contribution in [0.3, 0.4) is 0 Å². The van der Waals surface area contributed by atoms with Crippen molar-refractivity contribution in [2.75, 3.05) is 0 Å². The van der Waals surface area contributed by atoms with E-state index in [1.54, 1.807) is 12.1 Å². The van der Waals surface area contributed by atoms with Gasteiger partial charge in [0.2, 0.25) is 5.96 Å². The summed E-state index contributed by atoms with van der Waals surface area (Å²) < 4.78 is 13.1. The Morgan fingerprint density at radius 2 is 1.46 bits per heavy atom. The number of nitrogens with two attached hydrogens (primary N) is 2. The van der Waals surface area contributed by atoms with E-state index in [0.29, 0.717) is 5.71 Å². The van der Waals surface area contributed by atoms with Gasteiger partial charge < -0.3 is 11.5 Å². The van der Waals surface area contributed by atoms with E-state index in [4.69, 9.17) is 11.5 Å². The van der Waals surface area contributed by atoms with Gasteiger partial charge in [-0.25, -0.2) is 9.37 Å². The Morgan fingerprint density at radius 1 is 0.923 bits per heavy atom. The first-order chi connectivity index (χ1) is 12.4. The summed E-state index contributed by atoms with van der Waals surface area (Å²) in [6.07, 6.45) is 0. The van der Waals surface area contributed by atoms with Crippen LogP contribution in [0, 0.1) is 12.7 Å². The van der Waals surface area contributed by atoms with Crippen molar-refractivity contribution in [2.45, 2.75) is 13.8 Å². The quantitative estimate of drug-likeness (QED) is 0.416. The van der Waals surface area contributed by atoms with Crippen molar-refractivity contribution in [1.29, 1.82) is 0 Å². The molecule has 0 fully saturated rings. The highest BCUT2D eigenvalue weighted by Gasteiger charge is 2.12. The first kappa shape index (κ1) is 17.8. The molecule has 5 nitrogen and oxygen atoms in total. The van der Waals surface area contributed by atoms with Gasteiger partial charge in [-0.05, 0) is 37.1 Å². The number of thiazole rings is 1. The molecule has 1 heterocycles. The van der Waals surface area contributed by atoms with Crippen molar-refractivity contribution in [3.63, 3.8) is 0 Å². The molecule has 0 unspecified atom stereocenters. The second kappa shape index (κ2) is 7.45. The zero-order chi connectivity index (χ0) is 18.7. The SMILES string of the molecule is C/C(=N/N=C(N)N)c1sc(-c2ccc(-c3ccc(F)cc3)cc2)nc1C. The summed E-state index contributed by atoms with van der Waals surface area (Å²) in [7, 11) is 0. The molecule has 0 amide bonds. The zero-order valence-electron chi connectivity index (χ0n) is 14.4. The summed E-state index contributed by atoms with van der Waals surface area (Å²) in [5.74, 6) is -0.322. The minimum absolute atomic E-state index is 0.0804. The van der Waals surface area contributed by atoms with Gasteiger partial charge in [-0.1, -0.05) is 36.4 Å². The molecule has 132 valence electrons. The normalized spacial score (nSPS) is 11.4. The third-order valence-corrected chi connectivity index (χ3v) is 5.07. The molecule has 0 spiro atoms. The van der Waals surface area contributed by atoms with Crippen LogP contribution >= 0.6 is 11.3 Å². The second-order valence-corrected chi connectivity index (χ2v) is 6.73. The smallest absolute Gasteiger partial charge is 0.211 e. The molecule has 3 rings (SSSR count). The fourth-order valence-corrected chi connectivity index (χ4v) is 3.49. The van der Waals surface area contributed by atoms with Gasteiger partial charge in [0.1, 0.15) is 10.8 Å². The fraction of sp³-hybridized carbons (Fsp3) is 0.105. The van der Waals surface area contributed by atoms with Gasteiger partial charge in [-0.15, -0.1) is 16.4 Å². The summed E-state index contributed by atoms with van der Waals surface area (Å²) in [6, 6.07) is 14.4. The number of benzene rings is 2. The highest BCUT2D eigenvalue weighted by Crippen LogP contribution is 2.30. The van der Waals surface area contributed by atoms with Gasteiger partial charge >= 0.3 is 0 Å². The average molecular weight is 367 g/mol. The van der Waals surface area contributed by atoms with E-state index < -0.39 is 0 Å². The van der Waals surface area contributed by atoms with Gasteiger partial charge in [0.05, 0.1) is 16.3 Å². The van der Waals surface area contributed by atoms with Gasteiger partial charge in [0, 0.05) is 5.56 Å². The van der Waals surface area contributed by atoms with Crippen LogP contribution in [-0.4, -0.2) is 16.7 Å². The van der Waals surface area contributed by atoms with Crippen LogP contribution in [0.15, 0.2) is 58.7 Å². The Bertz CT molecular complexity index is 968. The maximum atomic E-state index is 13.1. The Kier molecular flexibility index (Phi) is 5.09. The molecule has 26 heavy (non-hydrogen) atoms. The molecule has 0 aliphatic rings. The lowest BCUT2D eigenvalue weighted by atomic mass is 10.0. The number of guanidine groups is 1. The van der Waals surface area contributed by atoms with Crippen LogP contribution in [0.4, 0.5) is 4.39 Å². The first-order valence-corrected chi connectivity index (χ1v) is 8.73. The van der Waals surface area contributed by atoms with Crippen molar-refractivity contribution in [1.82, 2.24) is 4.98 Å². The second-order valence-electron chi connectivity index (χ2n) is 5.73. The molecule has 0 saturated heterocycles. The molecule has 0 bridgehead atoms. The molecule has 0 aliphatic heterocycles. The van der Waals surface area contributed by atoms with Crippen LogP contribution in [0.1, 0.15) is 17.5 Å². The van der Waals surface area contributed by atoms with Gasteiger partial charge in [-0.2, -0.15) is 5.10 Å². The molecule has 0 saturated carbocycles. The van der Waals surface area contributed by atoms with Crippen molar-refractivity contribution < 1.29 is 4.39 Å². The number of rotatable bonds is 4. The minimum Gasteiger partial charge on any atom is -0.369 e. The summed E-state index contributed by atoms with van der Waals surface area (Å²) in [5, 5.41) is 8.60. The molecule has 2 aromatic carbocycles. The lowest BCUT2D eigenvalue weighted by molar-refractivity contribution is 0.628. The third kappa shape index (κ3) is 3.94. The average Bonchev–Trinajstić information content (AvgIpc) is 3.02. The zero-order valence-corrected chi connectivity index (χ0v) is 15.2. The number of aromatic nitrogens is 1. The number of halogens is 1. The fourth-order valence-electron chi connectivity index (χ4n) is 2.48. The number of hydrogen-bond donors (Lipinski definition) is 2. The van der Waals surface area contributed by atoms with E-state index in [-0.39, 0.29) is 11.8 Å². The van der Waals surface area contributed by atoms with Crippen LogP contribution in [0.2, 0.25) is 0 Å². The standard InChI is InChI=1S/C19H18FN5S/c1-11-17(12(2)24-25-19(21)22)26-18(23-11)15-5-3-13(4-6-15)14-7-9-16(20)10-8-14/h3-10H,1-2H3,(H4,21,22,25)/b24-12-. The van der Waals surface area contributed by atoms with Crippen LogP contribution in [0.5, 0.6) is 0 Å². The topological polar surface area (TPSA) is 89.6 Å². The number of aryl methyl sites for hydroxylation is 1. The molecule has 3 aromatic rings. The molecule has 4 N–H and O–H groups in total. The Labute approximate surface area is 154 Å². The summed E-state index contributed by atoms with van der Waals surface area (Å²) in [5.41, 5.74) is 15.2. The summed E-state index contributed by atoms with van der Waals surface area (Å²) in [6.45, 7) is 3.77. The molecule has 0 aliphatic carbocycles. The van der Waals surface area contributed by atoms with Crippen LogP contribution in [-0.2, 0) is 0 Å². The highest BCUT2D eigenvalue weighted by molar-refractivity contribution is 7.17. The van der Waals surface area contributed by atoms with E-state index in [0.717, 1.165) is 32.3 Å². The lowest BCUT2D eigenvalue weighted by Crippen LogP contribution is -2.22. The molecular weight excluding hydrogens is 349 g/mol. The Hall–Kier alpha value is -3.06. The number of hydrogen-bond acceptors (Lipinski definition) is 4. The van der Waals surface area contributed by atoms with Gasteiger partial charge in [0.15, 0.2) is 0 Å². The predicted octanol–water partition coefficient (Wildman–Crippen LogP) is 3.92. The van der Waals surface area contributed by atoms with E-state index in [2.05, 4.69) is 15.2 Å². The van der Waals surface area contributed by atoms with E-state index in [1.165, 1.54) is 23.5 Å². The molecule has 7 heteroatoms. The van der Waals surface area contributed by atoms with Crippen molar-refractivity contribution in [2.24, 2.45) is 21.7 Å². The lowest BCUT2D eigenvalue weighted by Gasteiger charge is -2.03. The molecule has 1 aromatic heterocycles. The van der Waals surface area contributed by atoms with Crippen molar-refractivity contribution >= 4 is 23.0 Å². The van der Waals surface area contributed by atoms with E-state index in [9.17, 15) is 4.39 Å². The minimum atomic E-state index is -0.242. The molecule has 0 radical (unpaired) electrons. The van der Waals surface area contributed by atoms with E-state index >= 15 is 0 Å². The third-order valence-electron chi connectivity index (χ3n) is 3.75. The van der Waals surface area contributed by atoms with Crippen LogP contribution in [0.25, 0.3) is 21.7 Å². The summed E-state index contributed by atoms with van der Waals surface area (Å²) >= 11 is 1.53. The van der Waals surface area contributed by atoms with Crippen molar-refractivity contribution in [3.05, 3.63) is 64.9 Å². The van der Waals surface area contributed by atoms with Gasteiger partial charge in [-0.3, -0.25) is 0 Å². The molecule has 0 atom stereocenters. The summed E-state index contributed by atoms with van der Waals surface area (Å²) in [4.78, 5) is 5.56. The molecular formula is C19H18FN5S. The Morgan fingerprint density at radius 3 is 2.04 bits per heavy atom. The monoisotopic (exact) mass is 367 g/mol. The first-order valence-electron chi connectivity index (χ1n) is 7.91. The van der Waals surface area contributed by atoms with Crippen LogP contribution < -0.4 is 11.5 Å². The van der Waals surface area contributed by atoms with Crippen molar-refractivity contribution in [3.8, 4) is 21.7 Å². The largest absolute Gasteiger partial charge is 0.369 e.